The number of benzene rings is 1. The fourth-order valence-electron chi connectivity index (χ4n) is 2.14. The molecule has 0 saturated carbocycles. The first-order valence-electron chi connectivity index (χ1n) is 6.05. The van der Waals surface area contributed by atoms with E-state index in [0.29, 0.717) is 16.8 Å². The van der Waals surface area contributed by atoms with Crippen LogP contribution in [0.3, 0.4) is 0 Å². The molecular formula is C13H13BrFNO3S. The van der Waals surface area contributed by atoms with Gasteiger partial charge in [0, 0.05) is 22.5 Å². The highest BCUT2D eigenvalue weighted by Gasteiger charge is 2.31. The molecule has 0 radical (unpaired) electrons. The van der Waals surface area contributed by atoms with Gasteiger partial charge in [0.2, 0.25) is 0 Å². The lowest BCUT2D eigenvalue weighted by atomic mass is 10.1. The molecule has 1 N–H and O–H groups in total. The molecule has 2 rings (SSSR count). The third kappa shape index (κ3) is 3.32. The molecule has 0 spiro atoms. The van der Waals surface area contributed by atoms with Crippen molar-refractivity contribution in [3.05, 3.63) is 34.1 Å². The van der Waals surface area contributed by atoms with E-state index in [1.54, 1.807) is 17.8 Å². The summed E-state index contributed by atoms with van der Waals surface area (Å²) in [5.74, 6) is -0.723. The van der Waals surface area contributed by atoms with Crippen LogP contribution in [0.4, 0.5) is 4.39 Å². The van der Waals surface area contributed by atoms with Crippen LogP contribution < -0.4 is 0 Å². The van der Waals surface area contributed by atoms with Crippen molar-refractivity contribution in [3.63, 3.8) is 0 Å². The van der Waals surface area contributed by atoms with Gasteiger partial charge in [0.15, 0.2) is 0 Å². The number of carbonyl (C=O) groups excluding carboxylic acids is 1. The van der Waals surface area contributed by atoms with E-state index in [0.717, 1.165) is 5.75 Å². The molecule has 7 heteroatoms. The highest BCUT2D eigenvalue weighted by molar-refractivity contribution is 9.10. The second-order valence-electron chi connectivity index (χ2n) is 4.42. The minimum absolute atomic E-state index is 0.0326. The Kier molecular flexibility index (Phi) is 5.04. The first-order valence-corrected chi connectivity index (χ1v) is 8.00. The van der Waals surface area contributed by atoms with Gasteiger partial charge in [-0.05, 0) is 28.1 Å². The number of carboxylic acid groups (broad SMARTS) is 1. The summed E-state index contributed by atoms with van der Waals surface area (Å²) in [5.41, 5.74) is -0.0326. The molecule has 1 aromatic carbocycles. The van der Waals surface area contributed by atoms with Crippen molar-refractivity contribution in [1.29, 1.82) is 0 Å². The van der Waals surface area contributed by atoms with E-state index in [9.17, 15) is 14.0 Å². The second kappa shape index (κ2) is 6.58. The molecule has 1 saturated heterocycles. The number of hydrogen-bond acceptors (Lipinski definition) is 3. The predicted octanol–water partition coefficient (Wildman–Crippen LogP) is 2.62. The Bertz CT molecular complexity index is 520. The molecule has 1 aromatic rings. The van der Waals surface area contributed by atoms with Crippen LogP contribution in [-0.2, 0) is 4.79 Å². The molecule has 1 aliphatic heterocycles. The maximum atomic E-state index is 13.8. The smallest absolute Gasteiger partial charge is 0.305 e. The molecular weight excluding hydrogens is 349 g/mol. The third-order valence-electron chi connectivity index (χ3n) is 3.08. The van der Waals surface area contributed by atoms with E-state index in [1.807, 2.05) is 0 Å². The Hall–Kier alpha value is -1.08. The molecule has 1 atom stereocenters. The zero-order valence-electron chi connectivity index (χ0n) is 10.5. The van der Waals surface area contributed by atoms with E-state index in [-0.39, 0.29) is 12.0 Å². The van der Waals surface area contributed by atoms with Gasteiger partial charge >= 0.3 is 5.97 Å². The molecule has 1 aliphatic rings. The summed E-state index contributed by atoms with van der Waals surface area (Å²) in [6.07, 6.45) is -0.120. The SMILES string of the molecule is O=C(O)CC1CSCCN1C(=O)c1c(F)cccc1Br. The molecule has 1 fully saturated rings. The molecule has 0 bridgehead atoms. The quantitative estimate of drug-likeness (QED) is 0.898. The average Bonchev–Trinajstić information content (AvgIpc) is 2.38. The van der Waals surface area contributed by atoms with Gasteiger partial charge in [-0.2, -0.15) is 11.8 Å². The van der Waals surface area contributed by atoms with Gasteiger partial charge in [0.25, 0.3) is 5.91 Å². The van der Waals surface area contributed by atoms with Gasteiger partial charge in [-0.1, -0.05) is 6.07 Å². The largest absolute Gasteiger partial charge is 0.481 e. The van der Waals surface area contributed by atoms with E-state index >= 15 is 0 Å². The molecule has 108 valence electrons. The molecule has 1 amide bonds. The van der Waals surface area contributed by atoms with Crippen molar-refractivity contribution in [2.45, 2.75) is 12.5 Å². The van der Waals surface area contributed by atoms with Crippen LogP contribution in [0.25, 0.3) is 0 Å². The van der Waals surface area contributed by atoms with Crippen LogP contribution in [0.15, 0.2) is 22.7 Å². The summed E-state index contributed by atoms with van der Waals surface area (Å²) >= 11 is 4.78. The molecule has 1 heterocycles. The second-order valence-corrected chi connectivity index (χ2v) is 6.43. The normalized spacial score (nSPS) is 18.9. The van der Waals surface area contributed by atoms with Gasteiger partial charge < -0.3 is 10.0 Å². The van der Waals surface area contributed by atoms with E-state index in [4.69, 9.17) is 5.11 Å². The fourth-order valence-corrected chi connectivity index (χ4v) is 3.71. The Labute approximate surface area is 128 Å². The molecule has 20 heavy (non-hydrogen) atoms. The van der Waals surface area contributed by atoms with E-state index in [1.165, 1.54) is 17.0 Å². The van der Waals surface area contributed by atoms with Crippen molar-refractivity contribution in [1.82, 2.24) is 4.90 Å². The van der Waals surface area contributed by atoms with Crippen LogP contribution in [0, 0.1) is 5.82 Å². The highest BCUT2D eigenvalue weighted by atomic mass is 79.9. The Balaban J connectivity index is 2.28. The lowest BCUT2D eigenvalue weighted by molar-refractivity contribution is -0.138. The maximum Gasteiger partial charge on any atom is 0.305 e. The monoisotopic (exact) mass is 361 g/mol. The topological polar surface area (TPSA) is 57.6 Å². The van der Waals surface area contributed by atoms with Gasteiger partial charge in [-0.3, -0.25) is 9.59 Å². The predicted molar refractivity (Wildman–Crippen MR) is 78.5 cm³/mol. The van der Waals surface area contributed by atoms with Gasteiger partial charge in [-0.25, -0.2) is 4.39 Å². The highest BCUT2D eigenvalue weighted by Crippen LogP contribution is 2.26. The first kappa shape index (κ1) is 15.3. The van der Waals surface area contributed by atoms with Crippen LogP contribution in [-0.4, -0.2) is 46.0 Å². The van der Waals surface area contributed by atoms with Crippen LogP contribution in [0.1, 0.15) is 16.8 Å². The molecule has 4 nitrogen and oxygen atoms in total. The van der Waals surface area contributed by atoms with Gasteiger partial charge in [-0.15, -0.1) is 0 Å². The van der Waals surface area contributed by atoms with E-state index in [2.05, 4.69) is 15.9 Å². The Morgan fingerprint density at radius 2 is 2.25 bits per heavy atom. The number of thioether (sulfide) groups is 1. The Morgan fingerprint density at radius 1 is 1.50 bits per heavy atom. The number of aliphatic carboxylic acids is 1. The third-order valence-corrected chi connectivity index (χ3v) is 4.83. The molecule has 0 aliphatic carbocycles. The number of amides is 1. The number of hydrogen-bond donors (Lipinski definition) is 1. The first-order chi connectivity index (χ1) is 9.50. The standard InChI is InChI=1S/C13H13BrFNO3S/c14-9-2-1-3-10(15)12(9)13(19)16-4-5-20-7-8(16)6-11(17)18/h1-3,8H,4-7H2,(H,17,18). The zero-order chi connectivity index (χ0) is 14.7. The van der Waals surface area contributed by atoms with Crippen LogP contribution >= 0.6 is 27.7 Å². The summed E-state index contributed by atoms with van der Waals surface area (Å²) in [7, 11) is 0. The number of nitrogens with zero attached hydrogens (tertiary/aromatic N) is 1. The number of carboxylic acids is 1. The van der Waals surface area contributed by atoms with Crippen molar-refractivity contribution in [3.8, 4) is 0 Å². The Morgan fingerprint density at radius 3 is 2.90 bits per heavy atom. The minimum Gasteiger partial charge on any atom is -0.481 e. The summed E-state index contributed by atoms with van der Waals surface area (Å²) in [4.78, 5) is 24.8. The van der Waals surface area contributed by atoms with Crippen LogP contribution in [0.5, 0.6) is 0 Å². The molecule has 1 unspecified atom stereocenters. The van der Waals surface area contributed by atoms with Crippen molar-refractivity contribution >= 4 is 39.6 Å². The lowest BCUT2D eigenvalue weighted by Crippen LogP contribution is -2.47. The summed E-state index contributed by atoms with van der Waals surface area (Å²) < 4.78 is 14.2. The van der Waals surface area contributed by atoms with Gasteiger partial charge in [0.1, 0.15) is 5.82 Å². The summed E-state index contributed by atoms with van der Waals surface area (Å²) in [6, 6.07) is 3.94. The average molecular weight is 362 g/mol. The minimum atomic E-state index is -0.956. The van der Waals surface area contributed by atoms with Crippen molar-refractivity contribution < 1.29 is 19.1 Å². The number of rotatable bonds is 3. The van der Waals surface area contributed by atoms with Crippen molar-refractivity contribution in [2.75, 3.05) is 18.1 Å². The van der Waals surface area contributed by atoms with Crippen LogP contribution in [0.2, 0.25) is 0 Å². The lowest BCUT2D eigenvalue weighted by Gasteiger charge is -2.34. The summed E-state index contributed by atoms with van der Waals surface area (Å²) in [6.45, 7) is 0.433. The number of carbonyl (C=O) groups is 2. The van der Waals surface area contributed by atoms with Crippen molar-refractivity contribution in [2.24, 2.45) is 0 Å². The molecule has 0 aromatic heterocycles. The summed E-state index contributed by atoms with van der Waals surface area (Å²) in [5, 5.41) is 8.91. The zero-order valence-corrected chi connectivity index (χ0v) is 12.9. The number of halogens is 2. The fraction of sp³-hybridized carbons (Fsp3) is 0.385. The maximum absolute atomic E-state index is 13.8. The van der Waals surface area contributed by atoms with Gasteiger partial charge in [0.05, 0.1) is 18.0 Å². The van der Waals surface area contributed by atoms with E-state index < -0.39 is 23.7 Å².